The van der Waals surface area contributed by atoms with Gasteiger partial charge in [-0.05, 0) is 18.6 Å². The van der Waals surface area contributed by atoms with Crippen LogP contribution in [0.4, 0.5) is 0 Å². The Hall–Kier alpha value is -1.07. The number of hydrogen-bond donors (Lipinski definition) is 2. The van der Waals surface area contributed by atoms with E-state index in [-0.39, 0.29) is 12.3 Å². The van der Waals surface area contributed by atoms with Crippen molar-refractivity contribution in [2.75, 3.05) is 6.54 Å². The lowest BCUT2D eigenvalue weighted by Crippen LogP contribution is -2.26. The first-order valence-corrected chi connectivity index (χ1v) is 6.00. The van der Waals surface area contributed by atoms with E-state index < -0.39 is 5.97 Å². The largest absolute Gasteiger partial charge is 0.481 e. The molecule has 16 heavy (non-hydrogen) atoms. The first-order valence-electron chi connectivity index (χ1n) is 4.80. The van der Waals surface area contributed by atoms with Crippen LogP contribution in [0.1, 0.15) is 17.7 Å². The topological polar surface area (TPSA) is 66.4 Å². The highest BCUT2D eigenvalue weighted by Gasteiger charge is 2.05. The van der Waals surface area contributed by atoms with Gasteiger partial charge in [-0.25, -0.2) is 0 Å². The van der Waals surface area contributed by atoms with Crippen molar-refractivity contribution in [1.29, 1.82) is 0 Å². The molecule has 0 aliphatic rings. The number of thiophene rings is 1. The molecule has 88 valence electrons. The Morgan fingerprint density at radius 3 is 2.75 bits per heavy atom. The molecule has 1 amide bonds. The highest BCUT2D eigenvalue weighted by molar-refractivity contribution is 7.16. The molecule has 0 unspecified atom stereocenters. The predicted molar refractivity (Wildman–Crippen MR) is 62.9 cm³/mol. The van der Waals surface area contributed by atoms with Crippen LogP contribution in [0.2, 0.25) is 4.34 Å². The smallest absolute Gasteiger partial charge is 0.303 e. The Morgan fingerprint density at radius 2 is 2.19 bits per heavy atom. The van der Waals surface area contributed by atoms with Crippen molar-refractivity contribution in [3.63, 3.8) is 0 Å². The average molecular weight is 262 g/mol. The second-order valence-electron chi connectivity index (χ2n) is 3.23. The quantitative estimate of drug-likeness (QED) is 0.769. The molecule has 0 fully saturated rings. The molecule has 6 heteroatoms. The van der Waals surface area contributed by atoms with Gasteiger partial charge in [-0.15, -0.1) is 11.3 Å². The zero-order valence-corrected chi connectivity index (χ0v) is 10.1. The molecule has 0 saturated carbocycles. The fraction of sp³-hybridized carbons (Fsp3) is 0.400. The molecule has 0 bridgehead atoms. The highest BCUT2D eigenvalue weighted by Crippen LogP contribution is 2.21. The van der Waals surface area contributed by atoms with Gasteiger partial charge in [0.2, 0.25) is 5.91 Å². The number of halogens is 1. The summed E-state index contributed by atoms with van der Waals surface area (Å²) in [6.07, 6.45) is 0.821. The number of carbonyl (C=O) groups is 2. The van der Waals surface area contributed by atoms with Crippen molar-refractivity contribution in [3.8, 4) is 0 Å². The van der Waals surface area contributed by atoms with E-state index in [1.807, 2.05) is 6.07 Å². The van der Waals surface area contributed by atoms with Crippen LogP contribution >= 0.6 is 22.9 Å². The van der Waals surface area contributed by atoms with Crippen LogP contribution < -0.4 is 5.32 Å². The van der Waals surface area contributed by atoms with Crippen LogP contribution in [0.5, 0.6) is 0 Å². The third-order valence-electron chi connectivity index (χ3n) is 1.85. The van der Waals surface area contributed by atoms with E-state index in [0.717, 1.165) is 4.88 Å². The molecule has 0 saturated heterocycles. The summed E-state index contributed by atoms with van der Waals surface area (Å²) < 4.78 is 0.661. The van der Waals surface area contributed by atoms with E-state index in [1.54, 1.807) is 6.07 Å². The fourth-order valence-corrected chi connectivity index (χ4v) is 2.22. The van der Waals surface area contributed by atoms with Crippen molar-refractivity contribution in [2.24, 2.45) is 0 Å². The predicted octanol–water partition coefficient (Wildman–Crippen LogP) is 1.92. The molecule has 1 heterocycles. The van der Waals surface area contributed by atoms with Crippen molar-refractivity contribution < 1.29 is 14.7 Å². The van der Waals surface area contributed by atoms with Crippen molar-refractivity contribution in [2.45, 2.75) is 19.3 Å². The minimum absolute atomic E-state index is 0.0745. The number of carboxylic acid groups (broad SMARTS) is 1. The molecule has 0 spiro atoms. The number of aliphatic carboxylic acids is 1. The summed E-state index contributed by atoms with van der Waals surface area (Å²) in [6, 6.07) is 3.56. The Bertz CT molecular complexity index is 378. The van der Waals surface area contributed by atoms with Crippen molar-refractivity contribution in [1.82, 2.24) is 5.32 Å². The van der Waals surface area contributed by atoms with Crippen LogP contribution in [-0.2, 0) is 16.0 Å². The van der Waals surface area contributed by atoms with Gasteiger partial charge in [0.25, 0.3) is 0 Å². The zero-order valence-electron chi connectivity index (χ0n) is 8.53. The monoisotopic (exact) mass is 261 g/mol. The third-order valence-corrected chi connectivity index (χ3v) is 3.08. The van der Waals surface area contributed by atoms with Gasteiger partial charge in [-0.3, -0.25) is 9.59 Å². The van der Waals surface area contributed by atoms with Crippen LogP contribution in [0.3, 0.4) is 0 Å². The number of carbonyl (C=O) groups excluding carboxylic acids is 1. The number of carboxylic acids is 1. The van der Waals surface area contributed by atoms with Gasteiger partial charge >= 0.3 is 5.97 Å². The molecular weight excluding hydrogens is 250 g/mol. The number of amides is 1. The van der Waals surface area contributed by atoms with Gasteiger partial charge < -0.3 is 10.4 Å². The van der Waals surface area contributed by atoms with Gasteiger partial charge in [0, 0.05) is 17.8 Å². The summed E-state index contributed by atoms with van der Waals surface area (Å²) in [5, 5.41) is 11.0. The molecule has 0 aliphatic carbocycles. The van der Waals surface area contributed by atoms with Gasteiger partial charge in [0.05, 0.1) is 10.8 Å². The van der Waals surface area contributed by atoms with Gasteiger partial charge in [-0.1, -0.05) is 11.6 Å². The maximum atomic E-state index is 11.4. The molecule has 0 aliphatic heterocycles. The molecule has 1 rings (SSSR count). The highest BCUT2D eigenvalue weighted by atomic mass is 35.5. The maximum absolute atomic E-state index is 11.4. The summed E-state index contributed by atoms with van der Waals surface area (Å²) in [4.78, 5) is 22.5. The lowest BCUT2D eigenvalue weighted by Gasteiger charge is -2.02. The molecule has 1 aromatic heterocycles. The van der Waals surface area contributed by atoms with Gasteiger partial charge in [0.15, 0.2) is 0 Å². The Labute approximate surface area is 102 Å². The Balaban J connectivity index is 2.18. The second-order valence-corrected chi connectivity index (χ2v) is 5.03. The molecule has 1 aromatic rings. The van der Waals surface area contributed by atoms with Gasteiger partial charge in [0.1, 0.15) is 0 Å². The second kappa shape index (κ2) is 6.50. The number of hydrogen-bond acceptors (Lipinski definition) is 3. The van der Waals surface area contributed by atoms with Crippen LogP contribution in [0.25, 0.3) is 0 Å². The molecular formula is C10H12ClNO3S. The van der Waals surface area contributed by atoms with Crippen molar-refractivity contribution in [3.05, 3.63) is 21.3 Å². The molecule has 0 aromatic carbocycles. The van der Waals surface area contributed by atoms with Crippen molar-refractivity contribution >= 4 is 34.8 Å². The average Bonchev–Trinajstić information content (AvgIpc) is 2.58. The summed E-state index contributed by atoms with van der Waals surface area (Å²) in [5.74, 6) is -0.955. The normalized spacial score (nSPS) is 10.1. The lowest BCUT2D eigenvalue weighted by molar-refractivity contribution is -0.137. The SMILES string of the molecule is O=C(O)CCCNC(=O)Cc1ccc(Cl)s1. The Kier molecular flexibility index (Phi) is 5.28. The number of nitrogens with one attached hydrogen (secondary N) is 1. The molecule has 4 nitrogen and oxygen atoms in total. The summed E-state index contributed by atoms with van der Waals surface area (Å²) >= 11 is 7.10. The van der Waals surface area contributed by atoms with Gasteiger partial charge in [-0.2, -0.15) is 0 Å². The van der Waals surface area contributed by atoms with Crippen LogP contribution in [0, 0.1) is 0 Å². The minimum Gasteiger partial charge on any atom is -0.481 e. The lowest BCUT2D eigenvalue weighted by atomic mass is 10.3. The molecule has 0 radical (unpaired) electrons. The first-order chi connectivity index (χ1) is 7.58. The first kappa shape index (κ1) is 13.0. The molecule has 0 atom stereocenters. The van der Waals surface area contributed by atoms with E-state index in [1.165, 1.54) is 11.3 Å². The van der Waals surface area contributed by atoms with E-state index in [4.69, 9.17) is 16.7 Å². The van der Waals surface area contributed by atoms with E-state index in [0.29, 0.717) is 23.7 Å². The number of rotatable bonds is 6. The fourth-order valence-electron chi connectivity index (χ4n) is 1.13. The minimum atomic E-state index is -0.848. The summed E-state index contributed by atoms with van der Waals surface area (Å²) in [5.41, 5.74) is 0. The standard InChI is InChI=1S/C10H12ClNO3S/c11-8-4-3-7(16-8)6-9(13)12-5-1-2-10(14)15/h3-4H,1-2,5-6H2,(H,12,13)(H,14,15). The summed E-state index contributed by atoms with van der Waals surface area (Å²) in [6.45, 7) is 0.393. The van der Waals surface area contributed by atoms with Crippen LogP contribution in [0.15, 0.2) is 12.1 Å². The zero-order chi connectivity index (χ0) is 12.0. The van der Waals surface area contributed by atoms with E-state index in [2.05, 4.69) is 5.32 Å². The van der Waals surface area contributed by atoms with E-state index >= 15 is 0 Å². The van der Waals surface area contributed by atoms with Crippen LogP contribution in [-0.4, -0.2) is 23.5 Å². The molecule has 2 N–H and O–H groups in total. The third kappa shape index (κ3) is 5.14. The maximum Gasteiger partial charge on any atom is 0.303 e. The summed E-state index contributed by atoms with van der Waals surface area (Å²) in [7, 11) is 0. The Morgan fingerprint density at radius 1 is 1.44 bits per heavy atom. The van der Waals surface area contributed by atoms with E-state index in [9.17, 15) is 9.59 Å².